The quantitative estimate of drug-likeness (QED) is 0.805. The van der Waals surface area contributed by atoms with Crippen molar-refractivity contribution in [3.63, 3.8) is 0 Å². The summed E-state index contributed by atoms with van der Waals surface area (Å²) in [4.78, 5) is 35.2. The summed E-state index contributed by atoms with van der Waals surface area (Å²) in [6, 6.07) is 10.2. The van der Waals surface area contributed by atoms with Crippen LogP contribution in [0.15, 0.2) is 42.5 Å². The van der Waals surface area contributed by atoms with Gasteiger partial charge >= 0.3 is 12.0 Å². The van der Waals surface area contributed by atoms with E-state index in [1.54, 1.807) is 18.2 Å². The first kappa shape index (κ1) is 19.1. The first-order valence-corrected chi connectivity index (χ1v) is 7.92. The molecular formula is C19H19FN2O4. The van der Waals surface area contributed by atoms with Crippen molar-refractivity contribution in [2.24, 2.45) is 0 Å². The lowest BCUT2D eigenvalue weighted by Gasteiger charge is -2.11. The molecule has 3 amide bonds. The highest BCUT2D eigenvalue weighted by Gasteiger charge is 2.13. The van der Waals surface area contributed by atoms with Crippen LogP contribution < -0.4 is 10.6 Å². The van der Waals surface area contributed by atoms with Crippen molar-refractivity contribution in [3.05, 3.63) is 65.0 Å². The lowest BCUT2D eigenvalue weighted by Crippen LogP contribution is -2.37. The number of amides is 3. The van der Waals surface area contributed by atoms with Crippen LogP contribution in [0.4, 0.5) is 14.9 Å². The SMILES string of the molecule is Cc1cccc(NC(=O)NC(=O)COC(=O)Cc2cccc(F)c2)c1C. The number of carbonyl (C=O) groups is 3. The zero-order valence-electron chi connectivity index (χ0n) is 14.5. The fraction of sp³-hybridized carbons (Fsp3) is 0.211. The highest BCUT2D eigenvalue weighted by Crippen LogP contribution is 2.17. The van der Waals surface area contributed by atoms with Gasteiger partial charge in [-0.15, -0.1) is 0 Å². The Morgan fingerprint density at radius 1 is 1.08 bits per heavy atom. The molecule has 136 valence electrons. The predicted octanol–water partition coefficient (Wildman–Crippen LogP) is 2.88. The van der Waals surface area contributed by atoms with Gasteiger partial charge in [-0.2, -0.15) is 0 Å². The molecule has 0 aliphatic rings. The molecule has 0 aliphatic heterocycles. The predicted molar refractivity (Wildman–Crippen MR) is 94.1 cm³/mol. The Kier molecular flexibility index (Phi) is 6.43. The van der Waals surface area contributed by atoms with E-state index in [-0.39, 0.29) is 6.42 Å². The van der Waals surface area contributed by atoms with E-state index in [2.05, 4.69) is 10.6 Å². The van der Waals surface area contributed by atoms with Crippen LogP contribution in [-0.4, -0.2) is 24.5 Å². The van der Waals surface area contributed by atoms with Gasteiger partial charge in [-0.05, 0) is 48.7 Å². The minimum atomic E-state index is -0.764. The summed E-state index contributed by atoms with van der Waals surface area (Å²) in [7, 11) is 0. The maximum Gasteiger partial charge on any atom is 0.325 e. The van der Waals surface area contributed by atoms with Crippen LogP contribution in [0, 0.1) is 19.7 Å². The van der Waals surface area contributed by atoms with E-state index in [1.165, 1.54) is 18.2 Å². The number of hydrogen-bond acceptors (Lipinski definition) is 4. The van der Waals surface area contributed by atoms with E-state index < -0.39 is 30.3 Å². The second kappa shape index (κ2) is 8.75. The number of carbonyl (C=O) groups excluding carboxylic acids is 3. The lowest BCUT2D eigenvalue weighted by atomic mass is 10.1. The van der Waals surface area contributed by atoms with E-state index in [0.29, 0.717) is 11.3 Å². The van der Waals surface area contributed by atoms with Crippen LogP contribution in [0.1, 0.15) is 16.7 Å². The highest BCUT2D eigenvalue weighted by molar-refractivity contribution is 6.02. The summed E-state index contributed by atoms with van der Waals surface area (Å²) in [5.41, 5.74) is 2.90. The van der Waals surface area contributed by atoms with E-state index in [1.807, 2.05) is 19.9 Å². The third-order valence-corrected chi connectivity index (χ3v) is 3.71. The Balaban J connectivity index is 1.78. The molecule has 0 bridgehead atoms. The van der Waals surface area contributed by atoms with Crippen molar-refractivity contribution in [1.29, 1.82) is 0 Å². The highest BCUT2D eigenvalue weighted by atomic mass is 19.1. The van der Waals surface area contributed by atoms with E-state index in [4.69, 9.17) is 4.74 Å². The van der Waals surface area contributed by atoms with Crippen LogP contribution in [0.25, 0.3) is 0 Å². The minimum absolute atomic E-state index is 0.167. The average Bonchev–Trinajstić information content (AvgIpc) is 2.57. The molecule has 0 aliphatic carbocycles. The number of esters is 1. The Morgan fingerprint density at radius 3 is 2.54 bits per heavy atom. The van der Waals surface area contributed by atoms with Crippen LogP contribution >= 0.6 is 0 Å². The third kappa shape index (κ3) is 5.70. The molecule has 0 unspecified atom stereocenters. The smallest absolute Gasteiger partial charge is 0.325 e. The van der Waals surface area contributed by atoms with Gasteiger partial charge in [-0.1, -0.05) is 24.3 Å². The number of hydrogen-bond donors (Lipinski definition) is 2. The molecule has 0 atom stereocenters. The molecule has 6 nitrogen and oxygen atoms in total. The Labute approximate surface area is 150 Å². The molecule has 2 N–H and O–H groups in total. The lowest BCUT2D eigenvalue weighted by molar-refractivity contribution is -0.147. The van der Waals surface area contributed by atoms with E-state index in [0.717, 1.165) is 11.1 Å². The summed E-state index contributed by atoms with van der Waals surface area (Å²) in [6.07, 6.45) is -0.167. The molecule has 0 saturated carbocycles. The molecule has 0 fully saturated rings. The summed E-state index contributed by atoms with van der Waals surface area (Å²) in [5, 5.41) is 4.64. The number of ether oxygens (including phenoxy) is 1. The second-order valence-corrected chi connectivity index (χ2v) is 5.72. The zero-order valence-corrected chi connectivity index (χ0v) is 14.5. The maximum absolute atomic E-state index is 13.0. The molecule has 0 saturated heterocycles. The fourth-order valence-corrected chi connectivity index (χ4v) is 2.21. The van der Waals surface area contributed by atoms with E-state index >= 15 is 0 Å². The molecule has 7 heteroatoms. The van der Waals surface area contributed by atoms with Crippen molar-refractivity contribution in [3.8, 4) is 0 Å². The Morgan fingerprint density at radius 2 is 1.81 bits per heavy atom. The van der Waals surface area contributed by atoms with Crippen LogP contribution in [-0.2, 0) is 20.7 Å². The summed E-state index contributed by atoms with van der Waals surface area (Å²) < 4.78 is 17.8. The third-order valence-electron chi connectivity index (χ3n) is 3.71. The van der Waals surface area contributed by atoms with Crippen LogP contribution in [0.5, 0.6) is 0 Å². The van der Waals surface area contributed by atoms with Crippen molar-refractivity contribution in [1.82, 2.24) is 5.32 Å². The number of urea groups is 1. The normalized spacial score (nSPS) is 10.1. The van der Waals surface area contributed by atoms with Gasteiger partial charge in [0.05, 0.1) is 6.42 Å². The number of halogens is 1. The van der Waals surface area contributed by atoms with Gasteiger partial charge in [-0.25, -0.2) is 9.18 Å². The summed E-state index contributed by atoms with van der Waals surface area (Å²) in [6.45, 7) is 3.15. The Bertz CT molecular complexity index is 836. The van der Waals surface area contributed by atoms with Gasteiger partial charge in [0.1, 0.15) is 5.82 Å². The van der Waals surface area contributed by atoms with E-state index in [9.17, 15) is 18.8 Å². The summed E-state index contributed by atoms with van der Waals surface area (Å²) >= 11 is 0. The summed E-state index contributed by atoms with van der Waals surface area (Å²) in [5.74, 6) is -1.92. The fourth-order valence-electron chi connectivity index (χ4n) is 2.21. The van der Waals surface area contributed by atoms with Crippen LogP contribution in [0.2, 0.25) is 0 Å². The van der Waals surface area contributed by atoms with Gasteiger partial charge in [-0.3, -0.25) is 14.9 Å². The number of benzene rings is 2. The first-order chi connectivity index (χ1) is 12.3. The molecule has 0 spiro atoms. The second-order valence-electron chi connectivity index (χ2n) is 5.72. The van der Waals surface area contributed by atoms with Gasteiger partial charge in [0.25, 0.3) is 5.91 Å². The molecule has 0 heterocycles. The van der Waals surface area contributed by atoms with Gasteiger partial charge < -0.3 is 10.1 Å². The van der Waals surface area contributed by atoms with Crippen molar-refractivity contribution >= 4 is 23.6 Å². The number of rotatable bonds is 5. The number of nitrogens with one attached hydrogen (secondary N) is 2. The maximum atomic E-state index is 13.0. The van der Waals surface area contributed by atoms with Gasteiger partial charge in [0.2, 0.25) is 0 Å². The van der Waals surface area contributed by atoms with Crippen molar-refractivity contribution < 1.29 is 23.5 Å². The zero-order chi connectivity index (χ0) is 19.1. The molecule has 2 aromatic carbocycles. The molecule has 0 radical (unpaired) electrons. The van der Waals surface area contributed by atoms with Gasteiger partial charge in [0, 0.05) is 5.69 Å². The number of aryl methyl sites for hydroxylation is 1. The topological polar surface area (TPSA) is 84.5 Å². The Hall–Kier alpha value is -3.22. The molecule has 2 rings (SSSR count). The van der Waals surface area contributed by atoms with Crippen LogP contribution in [0.3, 0.4) is 0 Å². The van der Waals surface area contributed by atoms with Crippen molar-refractivity contribution in [2.45, 2.75) is 20.3 Å². The molecule has 0 aromatic heterocycles. The van der Waals surface area contributed by atoms with Gasteiger partial charge in [0.15, 0.2) is 6.61 Å². The average molecular weight is 358 g/mol. The molecule has 2 aromatic rings. The minimum Gasteiger partial charge on any atom is -0.455 e. The molecule has 26 heavy (non-hydrogen) atoms. The standard InChI is InChI=1S/C19H19FN2O4/c1-12-5-3-8-16(13(12)2)21-19(25)22-17(23)11-26-18(24)10-14-6-4-7-15(20)9-14/h3-9H,10-11H2,1-2H3,(H2,21,22,23,25). The van der Waals surface area contributed by atoms with Crippen molar-refractivity contribution in [2.75, 3.05) is 11.9 Å². The number of anilines is 1. The molecular weight excluding hydrogens is 339 g/mol. The first-order valence-electron chi connectivity index (χ1n) is 7.92. The number of imide groups is 1. The largest absolute Gasteiger partial charge is 0.455 e. The monoisotopic (exact) mass is 358 g/mol.